The van der Waals surface area contributed by atoms with E-state index in [1.165, 1.54) is 29.5 Å². The third-order valence-corrected chi connectivity index (χ3v) is 7.98. The van der Waals surface area contributed by atoms with E-state index in [2.05, 4.69) is 29.4 Å². The maximum Gasteiger partial charge on any atom is 0.250 e. The summed E-state index contributed by atoms with van der Waals surface area (Å²) in [4.78, 5) is 12.9. The van der Waals surface area contributed by atoms with Crippen molar-refractivity contribution in [1.82, 2.24) is 10.2 Å². The van der Waals surface area contributed by atoms with Crippen LogP contribution < -0.4 is 9.62 Å². The van der Waals surface area contributed by atoms with Gasteiger partial charge in [0.15, 0.2) is 4.34 Å². The van der Waals surface area contributed by atoms with Gasteiger partial charge in [0, 0.05) is 5.75 Å². The van der Waals surface area contributed by atoms with Crippen LogP contribution >= 0.6 is 46.3 Å². The molecule has 2 aromatic rings. The Balaban J connectivity index is 2.25. The van der Waals surface area contributed by atoms with E-state index >= 15 is 0 Å². The first-order chi connectivity index (χ1) is 13.5. The Morgan fingerprint density at radius 1 is 1.28 bits per heavy atom. The van der Waals surface area contributed by atoms with Gasteiger partial charge in [-0.25, -0.2) is 8.42 Å². The molecule has 1 aromatic heterocycles. The molecule has 0 unspecified atom stereocenters. The summed E-state index contributed by atoms with van der Waals surface area (Å²) in [6.07, 6.45) is 1.28. The van der Waals surface area contributed by atoms with Crippen LogP contribution in [0.2, 0.25) is 10.0 Å². The van der Waals surface area contributed by atoms with E-state index in [0.717, 1.165) is 20.7 Å². The summed E-state index contributed by atoms with van der Waals surface area (Å²) >= 11 is 14.8. The Labute approximate surface area is 189 Å². The molecule has 160 valence electrons. The van der Waals surface area contributed by atoms with Gasteiger partial charge < -0.3 is 0 Å². The summed E-state index contributed by atoms with van der Waals surface area (Å²) in [6.45, 7) is 5.93. The number of benzene rings is 1. The highest BCUT2D eigenvalue weighted by atomic mass is 35.5. The number of carbonyl (C=O) groups is 1. The van der Waals surface area contributed by atoms with Gasteiger partial charge in [0.2, 0.25) is 21.1 Å². The molecular weight excluding hydrogens is 475 g/mol. The topological polar surface area (TPSA) is 92.3 Å². The zero-order valence-corrected chi connectivity index (χ0v) is 20.3. The fourth-order valence-corrected chi connectivity index (χ4v) is 5.66. The number of aromatic nitrogens is 2. The van der Waals surface area contributed by atoms with Crippen molar-refractivity contribution in [2.45, 2.75) is 37.6 Å². The summed E-state index contributed by atoms with van der Waals surface area (Å²) < 4.78 is 26.7. The Morgan fingerprint density at radius 2 is 1.97 bits per heavy atom. The van der Waals surface area contributed by atoms with Crippen LogP contribution in [0, 0.1) is 5.92 Å². The fraction of sp³-hybridized carbons (Fsp3) is 0.471. The lowest BCUT2D eigenvalue weighted by atomic mass is 10.2. The molecule has 2 rings (SSSR count). The number of rotatable bonds is 9. The highest BCUT2D eigenvalue weighted by molar-refractivity contribution is 8.01. The van der Waals surface area contributed by atoms with Crippen molar-refractivity contribution >= 4 is 73.0 Å². The van der Waals surface area contributed by atoms with Crippen LogP contribution in [-0.2, 0) is 14.8 Å². The third-order valence-electron chi connectivity index (χ3n) is 3.66. The largest absolute Gasteiger partial charge is 0.299 e. The predicted octanol–water partition coefficient (Wildman–Crippen LogP) is 4.78. The summed E-state index contributed by atoms with van der Waals surface area (Å²) in [5, 5.41) is 11.5. The number of hydrogen-bond acceptors (Lipinski definition) is 7. The van der Waals surface area contributed by atoms with Crippen LogP contribution in [0.5, 0.6) is 0 Å². The van der Waals surface area contributed by atoms with E-state index in [1.807, 2.05) is 0 Å². The van der Waals surface area contributed by atoms with Gasteiger partial charge in [0.25, 0.3) is 0 Å². The standard InChI is InChI=1S/C17H22Cl2N4O3S3/c1-5-14(15(24)20-16-21-22-17(28-16)27-9-10(2)3)23(29(4,25)26)11-6-7-12(18)13(19)8-11/h6-8,10,14H,5,9H2,1-4H3,(H,20,21,24)/t14-/m0/s1. The Morgan fingerprint density at radius 3 is 2.52 bits per heavy atom. The summed E-state index contributed by atoms with van der Waals surface area (Å²) in [5.74, 6) is 0.890. The van der Waals surface area contributed by atoms with E-state index in [1.54, 1.807) is 18.7 Å². The first kappa shape index (κ1) is 24.2. The van der Waals surface area contributed by atoms with Crippen molar-refractivity contribution in [2.75, 3.05) is 21.6 Å². The predicted molar refractivity (Wildman–Crippen MR) is 122 cm³/mol. The number of halogens is 2. The van der Waals surface area contributed by atoms with Crippen molar-refractivity contribution < 1.29 is 13.2 Å². The number of hydrogen-bond donors (Lipinski definition) is 1. The third kappa shape index (κ3) is 6.71. The van der Waals surface area contributed by atoms with Gasteiger partial charge in [-0.15, -0.1) is 10.2 Å². The van der Waals surface area contributed by atoms with E-state index in [-0.39, 0.29) is 17.1 Å². The molecule has 29 heavy (non-hydrogen) atoms. The minimum absolute atomic E-state index is 0.198. The second-order valence-corrected chi connectivity index (χ2v) is 11.6. The average Bonchev–Trinajstić information content (AvgIpc) is 3.06. The molecule has 1 amide bonds. The number of anilines is 2. The lowest BCUT2D eigenvalue weighted by Gasteiger charge is -2.30. The first-order valence-electron chi connectivity index (χ1n) is 8.74. The van der Waals surface area contributed by atoms with Crippen LogP contribution in [0.15, 0.2) is 22.5 Å². The molecule has 1 aromatic carbocycles. The van der Waals surface area contributed by atoms with Crippen LogP contribution in [0.4, 0.5) is 10.8 Å². The number of nitrogens with one attached hydrogen (secondary N) is 1. The number of thioether (sulfide) groups is 1. The summed E-state index contributed by atoms with van der Waals surface area (Å²) in [5.41, 5.74) is 0.259. The molecule has 0 radical (unpaired) electrons. The van der Waals surface area contributed by atoms with Gasteiger partial charge in [0.05, 0.1) is 22.0 Å². The first-order valence-corrected chi connectivity index (χ1v) is 13.1. The molecule has 0 saturated heterocycles. The highest BCUT2D eigenvalue weighted by Gasteiger charge is 2.32. The molecule has 0 fully saturated rings. The number of amides is 1. The smallest absolute Gasteiger partial charge is 0.250 e. The maximum absolute atomic E-state index is 12.9. The maximum atomic E-state index is 12.9. The van der Waals surface area contributed by atoms with Crippen LogP contribution in [0.25, 0.3) is 0 Å². The molecule has 12 heteroatoms. The Kier molecular flexibility index (Phi) is 8.59. The Bertz CT molecular complexity index is 967. The summed E-state index contributed by atoms with van der Waals surface area (Å²) in [6, 6.07) is 3.44. The van der Waals surface area contributed by atoms with Crippen LogP contribution in [-0.4, -0.2) is 42.6 Å². The van der Waals surface area contributed by atoms with Crippen LogP contribution in [0.1, 0.15) is 27.2 Å². The van der Waals surface area contributed by atoms with Gasteiger partial charge in [0.1, 0.15) is 6.04 Å². The fourth-order valence-electron chi connectivity index (χ4n) is 2.43. The summed E-state index contributed by atoms with van der Waals surface area (Å²) in [7, 11) is -3.78. The van der Waals surface area contributed by atoms with Gasteiger partial charge in [-0.05, 0) is 30.5 Å². The number of sulfonamides is 1. The molecule has 7 nitrogen and oxygen atoms in total. The molecular formula is C17H22Cl2N4O3S3. The van der Waals surface area contributed by atoms with Gasteiger partial charge >= 0.3 is 0 Å². The second-order valence-electron chi connectivity index (χ2n) is 6.65. The molecule has 0 saturated carbocycles. The molecule has 1 N–H and O–H groups in total. The van der Waals surface area contributed by atoms with E-state index < -0.39 is 22.0 Å². The molecule has 0 spiro atoms. The SMILES string of the molecule is CC[C@@H](C(=O)Nc1nnc(SCC(C)C)s1)N(c1ccc(Cl)c(Cl)c1)S(C)(=O)=O. The minimum Gasteiger partial charge on any atom is -0.299 e. The quantitative estimate of drug-likeness (QED) is 0.396. The van der Waals surface area contributed by atoms with Crippen molar-refractivity contribution in [3.8, 4) is 0 Å². The van der Waals surface area contributed by atoms with Gasteiger partial charge in [-0.2, -0.15) is 0 Å². The molecule has 0 aliphatic heterocycles. The van der Waals surface area contributed by atoms with E-state index in [0.29, 0.717) is 16.1 Å². The molecule has 1 heterocycles. The van der Waals surface area contributed by atoms with Crippen molar-refractivity contribution in [3.63, 3.8) is 0 Å². The van der Waals surface area contributed by atoms with E-state index in [9.17, 15) is 13.2 Å². The molecule has 0 aliphatic rings. The van der Waals surface area contributed by atoms with Gasteiger partial charge in [-0.1, -0.05) is 67.1 Å². The van der Waals surface area contributed by atoms with Crippen molar-refractivity contribution in [1.29, 1.82) is 0 Å². The zero-order chi connectivity index (χ0) is 21.8. The van der Waals surface area contributed by atoms with Gasteiger partial charge in [-0.3, -0.25) is 14.4 Å². The van der Waals surface area contributed by atoms with Crippen LogP contribution in [0.3, 0.4) is 0 Å². The number of nitrogens with zero attached hydrogens (tertiary/aromatic N) is 3. The van der Waals surface area contributed by atoms with Crippen molar-refractivity contribution in [3.05, 3.63) is 28.2 Å². The minimum atomic E-state index is -3.78. The lowest BCUT2D eigenvalue weighted by molar-refractivity contribution is -0.117. The normalized spacial score (nSPS) is 12.8. The molecule has 1 atom stereocenters. The molecule has 0 aliphatic carbocycles. The monoisotopic (exact) mass is 496 g/mol. The second kappa shape index (κ2) is 10.3. The molecule has 0 bridgehead atoms. The highest BCUT2D eigenvalue weighted by Crippen LogP contribution is 2.31. The Hall–Kier alpha value is -1.07. The average molecular weight is 497 g/mol. The number of carbonyl (C=O) groups excluding carboxylic acids is 1. The van der Waals surface area contributed by atoms with E-state index in [4.69, 9.17) is 23.2 Å². The zero-order valence-electron chi connectivity index (χ0n) is 16.3. The van der Waals surface area contributed by atoms with Crippen molar-refractivity contribution in [2.24, 2.45) is 5.92 Å². The lowest BCUT2D eigenvalue weighted by Crippen LogP contribution is -2.47.